The molecule has 37 heavy (non-hydrogen) atoms. The van der Waals surface area contributed by atoms with Gasteiger partial charge in [-0.05, 0) is 25.3 Å². The minimum atomic E-state index is -0.830. The van der Waals surface area contributed by atoms with Crippen LogP contribution in [0.3, 0.4) is 0 Å². The molecule has 5 rings (SSSR count). The van der Waals surface area contributed by atoms with Crippen LogP contribution in [0.25, 0.3) is 21.9 Å². The number of fused-ring (bicyclic) bond motifs is 2. The Morgan fingerprint density at radius 3 is 2.86 bits per heavy atom. The number of ether oxygens (including phenoxy) is 1. The fourth-order valence-electron chi connectivity index (χ4n) is 4.69. The minimum absolute atomic E-state index is 0.131. The van der Waals surface area contributed by atoms with Crippen molar-refractivity contribution in [2.24, 2.45) is 0 Å². The number of carbonyl (C=O) groups excluding carboxylic acids is 1. The quantitative estimate of drug-likeness (QED) is 0.326. The van der Waals surface area contributed by atoms with Crippen LogP contribution in [0.1, 0.15) is 30.6 Å². The lowest BCUT2D eigenvalue weighted by atomic mass is 10.1. The summed E-state index contributed by atoms with van der Waals surface area (Å²) in [4.78, 5) is 22.5. The van der Waals surface area contributed by atoms with Crippen molar-refractivity contribution in [2.45, 2.75) is 32.0 Å². The number of hydrogen-bond donors (Lipinski definition) is 1. The first-order valence-corrected chi connectivity index (χ1v) is 11.6. The van der Waals surface area contributed by atoms with Gasteiger partial charge in [-0.3, -0.25) is 9.48 Å². The molecule has 12 heteroatoms. The molecule has 0 spiro atoms. The lowest BCUT2D eigenvalue weighted by Gasteiger charge is -2.22. The van der Waals surface area contributed by atoms with Gasteiger partial charge in [0, 0.05) is 32.5 Å². The highest BCUT2D eigenvalue weighted by Gasteiger charge is 2.37. The number of benzene rings is 1. The molecule has 190 valence electrons. The molecule has 4 aromatic rings. The number of halogens is 2. The molecule has 2 N–H and O–H groups in total. The maximum absolute atomic E-state index is 15.2. The Balaban J connectivity index is 1.59. The third-order valence-corrected chi connectivity index (χ3v) is 6.45. The van der Waals surface area contributed by atoms with Gasteiger partial charge in [-0.15, -0.1) is 0 Å². The SMILES string of the molecule is C=CC(=O)N1CC(n2nc(C#Cc3c(F)cc4nn(CC)cc4c3F)c3c(N)ncnc32)C[C@@H]1COC. The highest BCUT2D eigenvalue weighted by Crippen LogP contribution is 2.32. The van der Waals surface area contributed by atoms with E-state index in [0.717, 1.165) is 6.07 Å². The van der Waals surface area contributed by atoms with Gasteiger partial charge in [0.25, 0.3) is 0 Å². The molecule has 2 atom stereocenters. The second-order valence-corrected chi connectivity index (χ2v) is 8.66. The normalized spacial score (nSPS) is 17.4. The number of rotatable bonds is 5. The van der Waals surface area contributed by atoms with Gasteiger partial charge in [0.05, 0.1) is 40.5 Å². The van der Waals surface area contributed by atoms with Gasteiger partial charge in [0.15, 0.2) is 11.5 Å². The summed E-state index contributed by atoms with van der Waals surface area (Å²) in [5.74, 6) is 3.63. The van der Waals surface area contributed by atoms with Crippen LogP contribution in [0.15, 0.2) is 31.2 Å². The number of anilines is 1. The number of aromatic nitrogens is 6. The number of likely N-dealkylation sites (tertiary alicyclic amines) is 1. The van der Waals surface area contributed by atoms with Gasteiger partial charge in [-0.1, -0.05) is 12.5 Å². The Morgan fingerprint density at radius 1 is 1.32 bits per heavy atom. The van der Waals surface area contributed by atoms with Gasteiger partial charge in [-0.25, -0.2) is 23.4 Å². The molecule has 10 nitrogen and oxygen atoms in total. The maximum atomic E-state index is 15.2. The van der Waals surface area contributed by atoms with Crippen LogP contribution in [0, 0.1) is 23.5 Å². The summed E-state index contributed by atoms with van der Waals surface area (Å²) in [7, 11) is 1.57. The zero-order valence-corrected chi connectivity index (χ0v) is 20.3. The Kier molecular flexibility index (Phi) is 6.31. The van der Waals surface area contributed by atoms with Crippen LogP contribution in [0.5, 0.6) is 0 Å². The van der Waals surface area contributed by atoms with E-state index in [-0.39, 0.29) is 40.4 Å². The van der Waals surface area contributed by atoms with Crippen molar-refractivity contribution >= 4 is 33.7 Å². The highest BCUT2D eigenvalue weighted by atomic mass is 19.1. The maximum Gasteiger partial charge on any atom is 0.246 e. The summed E-state index contributed by atoms with van der Waals surface area (Å²) in [5, 5.41) is 9.29. The molecule has 0 bridgehead atoms. The van der Waals surface area contributed by atoms with Crippen LogP contribution in [-0.4, -0.2) is 66.6 Å². The van der Waals surface area contributed by atoms with Crippen molar-refractivity contribution in [3.05, 3.63) is 54.1 Å². The molecule has 1 saturated heterocycles. The van der Waals surface area contributed by atoms with Crippen LogP contribution >= 0.6 is 0 Å². The largest absolute Gasteiger partial charge is 0.383 e. The lowest BCUT2D eigenvalue weighted by molar-refractivity contribution is -0.127. The molecule has 1 aliphatic heterocycles. The van der Waals surface area contributed by atoms with E-state index >= 15 is 4.39 Å². The molecule has 1 unspecified atom stereocenters. The Morgan fingerprint density at radius 2 is 2.14 bits per heavy atom. The van der Waals surface area contributed by atoms with E-state index in [1.165, 1.54) is 23.3 Å². The molecule has 1 fully saturated rings. The zero-order chi connectivity index (χ0) is 26.3. The lowest BCUT2D eigenvalue weighted by Crippen LogP contribution is -2.37. The summed E-state index contributed by atoms with van der Waals surface area (Å²) in [6.07, 6.45) is 4.62. The standard InChI is InChI=1S/C25H24F2N8O2/c1-4-21(36)34-10-14(8-15(34)12-37-3)35-25-22(24(28)29-13-30-25)19(32-35)7-6-16-18(26)9-20-17(23(16)27)11-33(5-2)31-20/h4,9,11,13-15H,1,5,8,10,12H2,2-3H3,(H2,28,29,30)/t14?,15-/m1/s1. The molecule has 1 aromatic carbocycles. The number of methoxy groups -OCH3 is 1. The van der Waals surface area contributed by atoms with Crippen molar-refractivity contribution in [1.29, 1.82) is 0 Å². The van der Waals surface area contributed by atoms with Gasteiger partial charge < -0.3 is 15.4 Å². The van der Waals surface area contributed by atoms with Crippen molar-refractivity contribution in [1.82, 2.24) is 34.4 Å². The topological polar surface area (TPSA) is 117 Å². The summed E-state index contributed by atoms with van der Waals surface area (Å²) >= 11 is 0. The van der Waals surface area contributed by atoms with Crippen molar-refractivity contribution < 1.29 is 18.3 Å². The molecule has 0 radical (unpaired) electrons. The van der Waals surface area contributed by atoms with Crippen molar-refractivity contribution in [3.8, 4) is 11.8 Å². The van der Waals surface area contributed by atoms with Gasteiger partial charge >= 0.3 is 0 Å². The highest BCUT2D eigenvalue weighted by molar-refractivity contribution is 5.91. The first kappa shape index (κ1) is 24.3. The van der Waals surface area contributed by atoms with E-state index in [1.54, 1.807) is 16.7 Å². The molecule has 3 aromatic heterocycles. The van der Waals surface area contributed by atoms with Crippen LogP contribution in [0.4, 0.5) is 14.6 Å². The van der Waals surface area contributed by atoms with Gasteiger partial charge in [-0.2, -0.15) is 10.2 Å². The van der Waals surface area contributed by atoms with Crippen molar-refractivity contribution in [3.63, 3.8) is 0 Å². The van der Waals surface area contributed by atoms with Crippen LogP contribution in [0.2, 0.25) is 0 Å². The van der Waals surface area contributed by atoms with Crippen LogP contribution < -0.4 is 5.73 Å². The Hall–Kier alpha value is -4.37. The fraction of sp³-hybridized carbons (Fsp3) is 0.320. The van der Waals surface area contributed by atoms with Crippen LogP contribution in [-0.2, 0) is 16.1 Å². The molecule has 1 amide bonds. The number of hydrogen-bond acceptors (Lipinski definition) is 7. The zero-order valence-electron chi connectivity index (χ0n) is 20.3. The number of carbonyl (C=O) groups is 1. The molecule has 4 heterocycles. The molecular weight excluding hydrogens is 482 g/mol. The second-order valence-electron chi connectivity index (χ2n) is 8.66. The number of nitrogens with zero attached hydrogens (tertiary/aromatic N) is 7. The Labute approximate surface area is 210 Å². The third kappa shape index (κ3) is 4.17. The minimum Gasteiger partial charge on any atom is -0.383 e. The molecule has 0 saturated carbocycles. The summed E-state index contributed by atoms with van der Waals surface area (Å²) in [6.45, 7) is 6.63. The average molecular weight is 507 g/mol. The van der Waals surface area contributed by atoms with E-state index < -0.39 is 17.2 Å². The predicted molar refractivity (Wildman–Crippen MR) is 132 cm³/mol. The summed E-state index contributed by atoms with van der Waals surface area (Å²) < 4.78 is 38.4. The van der Waals surface area contributed by atoms with E-state index in [2.05, 4.69) is 38.6 Å². The number of nitrogen functional groups attached to an aromatic ring is 1. The molecule has 1 aliphatic rings. The monoisotopic (exact) mass is 506 g/mol. The summed E-state index contributed by atoms with van der Waals surface area (Å²) in [5.41, 5.74) is 6.53. The smallest absolute Gasteiger partial charge is 0.246 e. The fourth-order valence-corrected chi connectivity index (χ4v) is 4.69. The van der Waals surface area contributed by atoms with Crippen molar-refractivity contribution in [2.75, 3.05) is 26.0 Å². The van der Waals surface area contributed by atoms with Gasteiger partial charge in [0.1, 0.15) is 23.7 Å². The third-order valence-electron chi connectivity index (χ3n) is 6.45. The van der Waals surface area contributed by atoms with E-state index in [4.69, 9.17) is 10.5 Å². The first-order chi connectivity index (χ1) is 17.9. The summed E-state index contributed by atoms with van der Waals surface area (Å²) in [6, 6.07) is 0.705. The van der Waals surface area contributed by atoms with E-state index in [9.17, 15) is 9.18 Å². The first-order valence-electron chi connectivity index (χ1n) is 11.6. The predicted octanol–water partition coefficient (Wildman–Crippen LogP) is 2.43. The average Bonchev–Trinajstić information content (AvgIpc) is 3.59. The Bertz CT molecular complexity index is 1600. The van der Waals surface area contributed by atoms with E-state index in [1.807, 2.05) is 6.92 Å². The number of nitrogens with two attached hydrogens (primary N) is 1. The molecular formula is C25H24F2N8O2. The van der Waals surface area contributed by atoms with Gasteiger partial charge in [0.2, 0.25) is 5.91 Å². The molecule has 0 aliphatic carbocycles. The van der Waals surface area contributed by atoms with E-state index in [0.29, 0.717) is 37.2 Å². The second kappa shape index (κ2) is 9.59. The number of amides is 1. The number of aryl methyl sites for hydroxylation is 1.